The van der Waals surface area contributed by atoms with Gasteiger partial charge in [-0.3, -0.25) is 0 Å². The average molecular weight is 500 g/mol. The molecule has 0 aliphatic heterocycles. The van der Waals surface area contributed by atoms with Crippen LogP contribution in [-0.2, 0) is 9.63 Å². The van der Waals surface area contributed by atoms with Crippen molar-refractivity contribution < 1.29 is 40.3 Å². The number of nitrogens with two attached hydrogens (primary N) is 2. The predicted octanol–water partition coefficient (Wildman–Crippen LogP) is -10.2. The molecule has 0 aliphatic rings. The first-order chi connectivity index (χ1) is 11.3. The molecule has 12 N–H and O–H groups in total. The summed E-state index contributed by atoms with van der Waals surface area (Å²) in [4.78, 5) is 16.6. The van der Waals surface area contributed by atoms with E-state index in [2.05, 4.69) is 15.6 Å². The van der Waals surface area contributed by atoms with Crippen LogP contribution in [0.15, 0.2) is 0 Å². The predicted molar refractivity (Wildman–Crippen MR) is 124 cm³/mol. The third kappa shape index (κ3) is 21.2. The van der Waals surface area contributed by atoms with Crippen molar-refractivity contribution >= 4 is 183 Å². The van der Waals surface area contributed by atoms with Crippen molar-refractivity contribution in [2.45, 2.75) is 36.6 Å². The van der Waals surface area contributed by atoms with E-state index in [-0.39, 0.29) is 204 Å². The van der Waals surface area contributed by atoms with Gasteiger partial charge >= 0.3 is 183 Å². The average Bonchev–Trinajstić information content (AvgIpc) is 2.59. The number of rotatable bonds is 13. The van der Waals surface area contributed by atoms with E-state index in [1.54, 1.807) is 0 Å². The molecule has 0 saturated carbocycles. The molecule has 0 bridgehead atoms. The third-order valence-electron chi connectivity index (χ3n) is 3.15. The topological polar surface area (TPSA) is 224 Å². The summed E-state index contributed by atoms with van der Waals surface area (Å²) in [6, 6.07) is -1.48. The van der Waals surface area contributed by atoms with Crippen LogP contribution in [0.25, 0.3) is 0 Å². The SMILES string of the molecule is NCCNOC(=O)C(NCCN)C(O)[C@H](O)[C@@H](O)[C@H](O)[C@H](O)CO.[NaH].[NaH].[NaH].[NaH].[NaH].[NaH]. The van der Waals surface area contributed by atoms with Gasteiger partial charge in [-0.25, -0.2) is 4.79 Å². The third-order valence-corrected chi connectivity index (χ3v) is 3.15. The van der Waals surface area contributed by atoms with Crippen LogP contribution < -0.4 is 22.3 Å². The van der Waals surface area contributed by atoms with E-state index >= 15 is 0 Å². The molecule has 0 heterocycles. The van der Waals surface area contributed by atoms with E-state index in [0.29, 0.717) is 0 Å². The van der Waals surface area contributed by atoms with Gasteiger partial charge < -0.3 is 52.3 Å². The number of hydrogen-bond donors (Lipinski definition) is 10. The van der Waals surface area contributed by atoms with Crippen LogP contribution in [0.1, 0.15) is 0 Å². The number of aliphatic hydroxyl groups excluding tert-OH is 6. The molecule has 0 saturated heterocycles. The molecular formula is C12H34N4Na6O8. The van der Waals surface area contributed by atoms with E-state index in [0.717, 1.165) is 0 Å². The Bertz CT molecular complexity index is 373. The number of aliphatic hydroxyl groups is 6. The molecule has 0 aromatic rings. The van der Waals surface area contributed by atoms with Gasteiger partial charge in [-0.05, 0) is 0 Å². The fraction of sp³-hybridized carbons (Fsp3) is 0.917. The molecule has 6 atom stereocenters. The fourth-order valence-corrected chi connectivity index (χ4v) is 1.76. The summed E-state index contributed by atoms with van der Waals surface area (Å²) in [7, 11) is 0. The van der Waals surface area contributed by atoms with Gasteiger partial charge in [-0.1, -0.05) is 0 Å². The molecule has 30 heavy (non-hydrogen) atoms. The molecule has 12 nitrogen and oxygen atoms in total. The quantitative estimate of drug-likeness (QED) is 0.0647. The van der Waals surface area contributed by atoms with Gasteiger partial charge in [0, 0.05) is 26.2 Å². The molecule has 0 amide bonds. The van der Waals surface area contributed by atoms with Crippen molar-refractivity contribution in [1.82, 2.24) is 10.8 Å². The molecular weight excluding hydrogens is 466 g/mol. The van der Waals surface area contributed by atoms with E-state index in [1.807, 2.05) is 0 Å². The van der Waals surface area contributed by atoms with Gasteiger partial charge in [0.15, 0.2) is 0 Å². The zero-order chi connectivity index (χ0) is 18.7. The Morgan fingerprint density at radius 3 is 1.60 bits per heavy atom. The fourth-order valence-electron chi connectivity index (χ4n) is 1.76. The number of hydrogen-bond acceptors (Lipinski definition) is 12. The van der Waals surface area contributed by atoms with Gasteiger partial charge in [0.05, 0.1) is 6.61 Å². The number of carbonyl (C=O) groups is 1. The van der Waals surface area contributed by atoms with E-state index in [4.69, 9.17) is 16.6 Å². The minimum absolute atomic E-state index is 0. The van der Waals surface area contributed by atoms with Crippen LogP contribution in [0.5, 0.6) is 0 Å². The Labute approximate surface area is 309 Å². The summed E-state index contributed by atoms with van der Waals surface area (Å²) >= 11 is 0. The van der Waals surface area contributed by atoms with Gasteiger partial charge in [0.25, 0.3) is 0 Å². The van der Waals surface area contributed by atoms with Crippen molar-refractivity contribution in [1.29, 1.82) is 0 Å². The van der Waals surface area contributed by atoms with Crippen LogP contribution >= 0.6 is 0 Å². The maximum absolute atomic E-state index is 11.9. The number of carbonyl (C=O) groups excluding carboxylic acids is 1. The summed E-state index contributed by atoms with van der Waals surface area (Å²) in [5.41, 5.74) is 12.8. The number of nitrogens with one attached hydrogen (secondary N) is 2. The second-order valence-electron chi connectivity index (χ2n) is 5.04. The van der Waals surface area contributed by atoms with Crippen LogP contribution in [0.2, 0.25) is 0 Å². The van der Waals surface area contributed by atoms with Gasteiger partial charge in [0.1, 0.15) is 36.6 Å². The van der Waals surface area contributed by atoms with Crippen molar-refractivity contribution in [3.8, 4) is 0 Å². The number of hydroxylamine groups is 1. The van der Waals surface area contributed by atoms with Gasteiger partial charge in [-0.2, -0.15) is 5.48 Å². The van der Waals surface area contributed by atoms with Crippen LogP contribution in [-0.4, -0.2) is 283 Å². The summed E-state index contributed by atoms with van der Waals surface area (Å²) in [6.07, 6.45) is -9.65. The van der Waals surface area contributed by atoms with Crippen LogP contribution in [0.4, 0.5) is 0 Å². The Kier molecular flexibility index (Phi) is 55.3. The Hall–Kier alpha value is 5.07. The van der Waals surface area contributed by atoms with Crippen molar-refractivity contribution in [2.24, 2.45) is 11.5 Å². The van der Waals surface area contributed by atoms with E-state index in [1.165, 1.54) is 0 Å². The Morgan fingerprint density at radius 1 is 0.767 bits per heavy atom. The Morgan fingerprint density at radius 2 is 1.20 bits per heavy atom. The summed E-state index contributed by atoms with van der Waals surface area (Å²) in [5.74, 6) is -1.01. The second kappa shape index (κ2) is 32.1. The maximum atomic E-state index is 11.9. The molecule has 0 aromatic heterocycles. The molecule has 0 radical (unpaired) electrons. The van der Waals surface area contributed by atoms with Crippen LogP contribution in [0.3, 0.4) is 0 Å². The molecule has 18 heteroatoms. The first-order valence-corrected chi connectivity index (χ1v) is 7.40. The summed E-state index contributed by atoms with van der Waals surface area (Å²) in [5, 5.41) is 59.8. The molecule has 156 valence electrons. The van der Waals surface area contributed by atoms with Gasteiger partial charge in [-0.15, -0.1) is 0 Å². The molecule has 0 fully saturated rings. The minimum atomic E-state index is -2.03. The van der Waals surface area contributed by atoms with E-state index < -0.39 is 49.1 Å². The molecule has 0 rings (SSSR count). The van der Waals surface area contributed by atoms with Crippen molar-refractivity contribution in [3.63, 3.8) is 0 Å². The molecule has 0 spiro atoms. The monoisotopic (exact) mass is 500 g/mol. The Balaban J connectivity index is -0.000000176. The second-order valence-corrected chi connectivity index (χ2v) is 5.04. The van der Waals surface area contributed by atoms with Gasteiger partial charge in [0.2, 0.25) is 0 Å². The summed E-state index contributed by atoms with van der Waals surface area (Å²) < 4.78 is 0. The van der Waals surface area contributed by atoms with Crippen molar-refractivity contribution in [3.05, 3.63) is 0 Å². The molecule has 0 aliphatic carbocycles. The zero-order valence-corrected chi connectivity index (χ0v) is 13.2. The first kappa shape index (κ1) is 51.7. The first-order valence-electron chi connectivity index (χ1n) is 7.40. The zero-order valence-electron chi connectivity index (χ0n) is 13.2. The van der Waals surface area contributed by atoms with E-state index in [9.17, 15) is 30.3 Å². The molecule has 0 aromatic carbocycles. The van der Waals surface area contributed by atoms with Crippen LogP contribution in [0, 0.1) is 0 Å². The van der Waals surface area contributed by atoms with Crippen molar-refractivity contribution in [2.75, 3.05) is 32.8 Å². The molecule has 2 unspecified atom stereocenters. The summed E-state index contributed by atoms with van der Waals surface area (Å²) in [6.45, 7) is -0.349. The normalized spacial score (nSPS) is 15.3. The standard InChI is InChI=1S/C12H28N4O8.6Na.6H/c13-1-3-15-7(12(23)24-16-4-2-14)9(20)11(22)10(21)8(19)6(18)5-17;;;;;;;;;;;;/h6-11,15-22H,1-5,13-14H2;;;;;;;;;;;;/t6-,7?,8-,9?,10+,11+;;;;;;;;;;;;/m1............/s1.